The van der Waals surface area contributed by atoms with Crippen molar-refractivity contribution in [1.29, 1.82) is 0 Å². The largest absolute Gasteiger partial charge is 0.461 e. The van der Waals surface area contributed by atoms with Crippen molar-refractivity contribution in [3.63, 3.8) is 0 Å². The molecule has 0 saturated heterocycles. The molecule has 2 heterocycles. The maximum absolute atomic E-state index is 11.6. The molecule has 0 amide bonds. The van der Waals surface area contributed by atoms with Crippen LogP contribution >= 0.6 is 11.6 Å². The van der Waals surface area contributed by atoms with Crippen molar-refractivity contribution in [1.82, 2.24) is 15.0 Å². The standard InChI is InChI=1S/C23H26ClN5O2/c1-2-31-23(30)20-13-28-21(14-27-20)25-10-5-11-26-22-16-6-3-4-7-18(16)29-19-12-15(24)8-9-17(19)22/h8-9,12-14H,2-7,10-11H2,1H3,(H,25,28)(H,26,29). The van der Waals surface area contributed by atoms with Crippen LogP contribution in [0, 0.1) is 0 Å². The van der Waals surface area contributed by atoms with Gasteiger partial charge in [-0.2, -0.15) is 0 Å². The van der Waals surface area contributed by atoms with Crippen LogP contribution in [0.5, 0.6) is 0 Å². The first kappa shape index (κ1) is 21.3. The SMILES string of the molecule is CCOC(=O)c1cnc(NCCCNc2c3c(nc4cc(Cl)ccc24)CCCC3)cn1. The van der Waals surface area contributed by atoms with Gasteiger partial charge in [0.1, 0.15) is 5.82 Å². The maximum atomic E-state index is 11.6. The lowest BCUT2D eigenvalue weighted by atomic mass is 9.92. The van der Waals surface area contributed by atoms with Gasteiger partial charge in [0.25, 0.3) is 0 Å². The van der Waals surface area contributed by atoms with Gasteiger partial charge in [0, 0.05) is 34.9 Å². The van der Waals surface area contributed by atoms with E-state index in [9.17, 15) is 4.79 Å². The molecule has 0 fully saturated rings. The van der Waals surface area contributed by atoms with Gasteiger partial charge in [-0.15, -0.1) is 0 Å². The topological polar surface area (TPSA) is 89.0 Å². The Hall–Kier alpha value is -2.93. The molecule has 3 aromatic rings. The molecule has 1 aromatic carbocycles. The number of carbonyl (C=O) groups is 1. The number of aromatic nitrogens is 3. The van der Waals surface area contributed by atoms with Crippen LogP contribution in [0.15, 0.2) is 30.6 Å². The second-order valence-electron chi connectivity index (χ2n) is 7.50. The second-order valence-corrected chi connectivity index (χ2v) is 7.93. The molecule has 0 atom stereocenters. The van der Waals surface area contributed by atoms with E-state index in [1.54, 1.807) is 13.1 Å². The van der Waals surface area contributed by atoms with Gasteiger partial charge in [0.15, 0.2) is 5.69 Å². The van der Waals surface area contributed by atoms with Gasteiger partial charge in [-0.05, 0) is 62.8 Å². The van der Waals surface area contributed by atoms with Crippen molar-refractivity contribution in [3.8, 4) is 0 Å². The number of anilines is 2. The first-order chi connectivity index (χ1) is 15.2. The Balaban J connectivity index is 1.36. The summed E-state index contributed by atoms with van der Waals surface area (Å²) < 4.78 is 4.92. The van der Waals surface area contributed by atoms with Crippen LogP contribution in [0.2, 0.25) is 5.02 Å². The second kappa shape index (κ2) is 9.92. The highest BCUT2D eigenvalue weighted by Gasteiger charge is 2.18. The number of esters is 1. The van der Waals surface area contributed by atoms with E-state index in [4.69, 9.17) is 21.3 Å². The van der Waals surface area contributed by atoms with E-state index in [-0.39, 0.29) is 5.69 Å². The van der Waals surface area contributed by atoms with Crippen molar-refractivity contribution in [2.24, 2.45) is 0 Å². The molecule has 7 nitrogen and oxygen atoms in total. The van der Waals surface area contributed by atoms with Crippen LogP contribution in [0.1, 0.15) is 47.9 Å². The number of aryl methyl sites for hydroxylation is 1. The smallest absolute Gasteiger partial charge is 0.358 e. The molecule has 2 aromatic heterocycles. The summed E-state index contributed by atoms with van der Waals surface area (Å²) >= 11 is 6.20. The van der Waals surface area contributed by atoms with Crippen LogP contribution < -0.4 is 10.6 Å². The van der Waals surface area contributed by atoms with E-state index in [1.807, 2.05) is 12.1 Å². The average molecular weight is 440 g/mol. The van der Waals surface area contributed by atoms with Crippen molar-refractivity contribution in [2.75, 3.05) is 30.3 Å². The summed E-state index contributed by atoms with van der Waals surface area (Å²) in [5.74, 6) is 0.175. The Labute approximate surface area is 186 Å². The number of ether oxygens (including phenoxy) is 1. The zero-order valence-electron chi connectivity index (χ0n) is 17.6. The van der Waals surface area contributed by atoms with Gasteiger partial charge in [-0.1, -0.05) is 11.6 Å². The highest BCUT2D eigenvalue weighted by Crippen LogP contribution is 2.34. The third kappa shape index (κ3) is 5.05. The molecule has 0 aliphatic heterocycles. The highest BCUT2D eigenvalue weighted by atomic mass is 35.5. The van der Waals surface area contributed by atoms with E-state index in [0.717, 1.165) is 43.3 Å². The van der Waals surface area contributed by atoms with E-state index < -0.39 is 5.97 Å². The van der Waals surface area contributed by atoms with Crippen LogP contribution in [-0.2, 0) is 17.6 Å². The molecule has 4 rings (SSSR count). The molecule has 31 heavy (non-hydrogen) atoms. The van der Waals surface area contributed by atoms with Gasteiger partial charge in [0.2, 0.25) is 0 Å². The summed E-state index contributed by atoms with van der Waals surface area (Å²) in [7, 11) is 0. The molecule has 1 aliphatic carbocycles. The first-order valence-electron chi connectivity index (χ1n) is 10.7. The fourth-order valence-electron chi connectivity index (χ4n) is 3.85. The Bertz CT molecular complexity index is 1070. The van der Waals surface area contributed by atoms with Gasteiger partial charge in [0.05, 0.1) is 24.5 Å². The summed E-state index contributed by atoms with van der Waals surface area (Å²) in [5, 5.41) is 8.71. The molecule has 162 valence electrons. The van der Waals surface area contributed by atoms with Gasteiger partial charge >= 0.3 is 5.97 Å². The predicted octanol–water partition coefficient (Wildman–Crippen LogP) is 4.65. The normalized spacial score (nSPS) is 13.0. The Morgan fingerprint density at radius 3 is 2.77 bits per heavy atom. The van der Waals surface area contributed by atoms with Gasteiger partial charge in [-0.25, -0.2) is 14.8 Å². The molecule has 2 N–H and O–H groups in total. The quantitative estimate of drug-likeness (QED) is 0.390. The number of hydrogen-bond donors (Lipinski definition) is 2. The third-order valence-electron chi connectivity index (χ3n) is 5.32. The number of carbonyl (C=O) groups excluding carboxylic acids is 1. The molecule has 0 saturated carbocycles. The number of benzene rings is 1. The molecule has 0 bridgehead atoms. The molecule has 8 heteroatoms. The minimum Gasteiger partial charge on any atom is -0.461 e. The lowest BCUT2D eigenvalue weighted by Gasteiger charge is -2.22. The first-order valence-corrected chi connectivity index (χ1v) is 11.1. The van der Waals surface area contributed by atoms with Gasteiger partial charge < -0.3 is 15.4 Å². The summed E-state index contributed by atoms with van der Waals surface area (Å²) in [6, 6.07) is 5.92. The monoisotopic (exact) mass is 439 g/mol. The molecular weight excluding hydrogens is 414 g/mol. The van der Waals surface area contributed by atoms with E-state index in [0.29, 0.717) is 17.4 Å². The van der Waals surface area contributed by atoms with Crippen LogP contribution in [0.4, 0.5) is 11.5 Å². The Morgan fingerprint density at radius 1 is 1.13 bits per heavy atom. The fourth-order valence-corrected chi connectivity index (χ4v) is 4.01. The number of nitrogens with zero attached hydrogens (tertiary/aromatic N) is 3. The lowest BCUT2D eigenvalue weighted by Crippen LogP contribution is -2.14. The molecular formula is C23H26ClN5O2. The number of hydrogen-bond acceptors (Lipinski definition) is 7. The third-order valence-corrected chi connectivity index (χ3v) is 5.56. The Morgan fingerprint density at radius 2 is 1.97 bits per heavy atom. The summed E-state index contributed by atoms with van der Waals surface area (Å²) in [6.07, 6.45) is 8.34. The van der Waals surface area contributed by atoms with Crippen molar-refractivity contribution < 1.29 is 9.53 Å². The van der Waals surface area contributed by atoms with Crippen molar-refractivity contribution in [2.45, 2.75) is 39.0 Å². The minimum absolute atomic E-state index is 0.212. The van der Waals surface area contributed by atoms with E-state index in [2.05, 4.69) is 26.7 Å². The zero-order chi connectivity index (χ0) is 21.6. The number of rotatable bonds is 8. The summed E-state index contributed by atoms with van der Waals surface area (Å²) in [4.78, 5) is 24.8. The van der Waals surface area contributed by atoms with Crippen molar-refractivity contribution >= 4 is 40.0 Å². The number of halogens is 1. The van der Waals surface area contributed by atoms with Crippen LogP contribution in [0.3, 0.4) is 0 Å². The molecule has 0 radical (unpaired) electrons. The fraction of sp³-hybridized carbons (Fsp3) is 0.391. The van der Waals surface area contributed by atoms with Crippen LogP contribution in [-0.4, -0.2) is 40.6 Å². The van der Waals surface area contributed by atoms with E-state index >= 15 is 0 Å². The molecule has 0 unspecified atom stereocenters. The van der Waals surface area contributed by atoms with Crippen LogP contribution in [0.25, 0.3) is 10.9 Å². The number of nitrogens with one attached hydrogen (secondary N) is 2. The average Bonchev–Trinajstić information content (AvgIpc) is 2.78. The Kier molecular flexibility index (Phi) is 6.82. The number of fused-ring (bicyclic) bond motifs is 2. The van der Waals surface area contributed by atoms with E-state index in [1.165, 1.54) is 36.0 Å². The molecule has 0 spiro atoms. The summed E-state index contributed by atoms with van der Waals surface area (Å²) in [6.45, 7) is 3.62. The molecule has 1 aliphatic rings. The zero-order valence-corrected chi connectivity index (χ0v) is 18.3. The maximum Gasteiger partial charge on any atom is 0.358 e. The van der Waals surface area contributed by atoms with Crippen molar-refractivity contribution in [3.05, 3.63) is 52.6 Å². The lowest BCUT2D eigenvalue weighted by molar-refractivity contribution is 0.0519. The van der Waals surface area contributed by atoms with Gasteiger partial charge in [-0.3, -0.25) is 4.98 Å². The summed E-state index contributed by atoms with van der Waals surface area (Å²) in [5.41, 5.74) is 4.89. The highest BCUT2D eigenvalue weighted by molar-refractivity contribution is 6.31. The number of pyridine rings is 1. The minimum atomic E-state index is -0.458. The predicted molar refractivity (Wildman–Crippen MR) is 123 cm³/mol.